The maximum atomic E-state index is 5.76. The third-order valence-corrected chi connectivity index (χ3v) is 2.83. The van der Waals surface area contributed by atoms with E-state index in [9.17, 15) is 0 Å². The van der Waals surface area contributed by atoms with Gasteiger partial charge in [0.05, 0.1) is 5.69 Å². The molecule has 96 valence electrons. The summed E-state index contributed by atoms with van der Waals surface area (Å²) in [5, 5.41) is 4.39. The molecule has 0 amide bonds. The van der Waals surface area contributed by atoms with Crippen LogP contribution in [0.3, 0.4) is 0 Å². The lowest BCUT2D eigenvalue weighted by Gasteiger charge is -2.19. The van der Waals surface area contributed by atoms with E-state index in [0.717, 1.165) is 22.8 Å². The Kier molecular flexibility index (Phi) is 3.22. The number of nitrogens with two attached hydrogens (primary N) is 1. The molecule has 0 spiro atoms. The first-order valence-corrected chi connectivity index (χ1v) is 6.14. The maximum absolute atomic E-state index is 5.76. The van der Waals surface area contributed by atoms with Crippen molar-refractivity contribution in [2.45, 2.75) is 39.7 Å². The van der Waals surface area contributed by atoms with Crippen molar-refractivity contribution in [2.75, 3.05) is 0 Å². The highest BCUT2D eigenvalue weighted by atomic mass is 15.3. The lowest BCUT2D eigenvalue weighted by Crippen LogP contribution is -2.16. The minimum absolute atomic E-state index is 0.00211. The van der Waals surface area contributed by atoms with Gasteiger partial charge in [-0.25, -0.2) is 9.67 Å². The Morgan fingerprint density at radius 3 is 2.50 bits per heavy atom. The predicted molar refractivity (Wildman–Crippen MR) is 72.7 cm³/mol. The average molecular weight is 244 g/mol. The minimum atomic E-state index is 0.00211. The number of pyridine rings is 1. The van der Waals surface area contributed by atoms with E-state index in [1.807, 2.05) is 25.3 Å². The molecule has 0 aliphatic rings. The first-order chi connectivity index (χ1) is 8.40. The molecule has 4 heteroatoms. The Morgan fingerprint density at radius 1 is 1.28 bits per heavy atom. The molecule has 2 rings (SSSR count). The van der Waals surface area contributed by atoms with E-state index in [2.05, 4.69) is 36.9 Å². The second-order valence-electron chi connectivity index (χ2n) is 5.57. The third-order valence-electron chi connectivity index (χ3n) is 2.83. The summed E-state index contributed by atoms with van der Waals surface area (Å²) in [5.41, 5.74) is 8.86. The summed E-state index contributed by atoms with van der Waals surface area (Å²) in [4.78, 5) is 4.68. The summed E-state index contributed by atoms with van der Waals surface area (Å²) in [6.45, 7) is 8.92. The van der Waals surface area contributed by atoms with Gasteiger partial charge in [-0.05, 0) is 30.7 Å². The van der Waals surface area contributed by atoms with Crippen LogP contribution >= 0.6 is 0 Å². The molecule has 0 saturated carbocycles. The molecule has 0 fully saturated rings. The van der Waals surface area contributed by atoms with Crippen molar-refractivity contribution in [3.05, 3.63) is 41.3 Å². The Labute approximate surface area is 108 Å². The Hall–Kier alpha value is -1.68. The van der Waals surface area contributed by atoms with E-state index in [-0.39, 0.29) is 5.41 Å². The molecule has 2 aromatic heterocycles. The molecular formula is C14H20N4. The van der Waals surface area contributed by atoms with Crippen molar-refractivity contribution in [1.29, 1.82) is 0 Å². The van der Waals surface area contributed by atoms with Crippen molar-refractivity contribution >= 4 is 0 Å². The second kappa shape index (κ2) is 4.53. The SMILES string of the molecule is Cc1ccn(-c2cc(CN)cc(C(C)(C)C)n2)n1. The average Bonchev–Trinajstić information content (AvgIpc) is 2.74. The first kappa shape index (κ1) is 12.8. The zero-order valence-corrected chi connectivity index (χ0v) is 11.4. The third kappa shape index (κ3) is 2.59. The van der Waals surface area contributed by atoms with Gasteiger partial charge in [-0.2, -0.15) is 5.10 Å². The molecule has 0 aromatic carbocycles. The summed E-state index contributed by atoms with van der Waals surface area (Å²) >= 11 is 0. The number of rotatable bonds is 2. The molecule has 2 N–H and O–H groups in total. The quantitative estimate of drug-likeness (QED) is 0.882. The molecule has 0 aliphatic heterocycles. The summed E-state index contributed by atoms with van der Waals surface area (Å²) in [7, 11) is 0. The summed E-state index contributed by atoms with van der Waals surface area (Å²) in [6, 6.07) is 6.02. The van der Waals surface area contributed by atoms with Gasteiger partial charge in [0.15, 0.2) is 5.82 Å². The number of hydrogen-bond acceptors (Lipinski definition) is 3. The molecule has 0 unspecified atom stereocenters. The molecule has 2 heterocycles. The van der Waals surface area contributed by atoms with Crippen molar-refractivity contribution in [2.24, 2.45) is 5.73 Å². The van der Waals surface area contributed by atoms with E-state index in [0.29, 0.717) is 6.54 Å². The van der Waals surface area contributed by atoms with Crippen molar-refractivity contribution < 1.29 is 0 Å². The fourth-order valence-electron chi connectivity index (χ4n) is 1.73. The zero-order valence-electron chi connectivity index (χ0n) is 11.4. The molecule has 0 bridgehead atoms. The minimum Gasteiger partial charge on any atom is -0.326 e. The van der Waals surface area contributed by atoms with Crippen LogP contribution in [0.1, 0.15) is 37.7 Å². The highest BCUT2D eigenvalue weighted by Crippen LogP contribution is 2.22. The second-order valence-corrected chi connectivity index (χ2v) is 5.57. The number of hydrogen-bond donors (Lipinski definition) is 1. The number of aromatic nitrogens is 3. The van der Waals surface area contributed by atoms with Crippen molar-refractivity contribution in [1.82, 2.24) is 14.8 Å². The molecular weight excluding hydrogens is 224 g/mol. The van der Waals surface area contributed by atoms with Gasteiger partial charge in [0.1, 0.15) is 0 Å². The van der Waals surface area contributed by atoms with E-state index < -0.39 is 0 Å². The van der Waals surface area contributed by atoms with Crippen LogP contribution in [-0.4, -0.2) is 14.8 Å². The molecule has 0 atom stereocenters. The molecule has 2 aromatic rings. The highest BCUT2D eigenvalue weighted by molar-refractivity contribution is 5.33. The summed E-state index contributed by atoms with van der Waals surface area (Å²) < 4.78 is 1.80. The summed E-state index contributed by atoms with van der Waals surface area (Å²) in [5.74, 6) is 0.830. The van der Waals surface area contributed by atoms with E-state index >= 15 is 0 Å². The van der Waals surface area contributed by atoms with E-state index in [1.165, 1.54) is 0 Å². The summed E-state index contributed by atoms with van der Waals surface area (Å²) in [6.07, 6.45) is 1.92. The number of nitrogens with zero attached hydrogens (tertiary/aromatic N) is 3. The van der Waals surface area contributed by atoms with E-state index in [1.54, 1.807) is 4.68 Å². The fraction of sp³-hybridized carbons (Fsp3) is 0.429. The van der Waals surface area contributed by atoms with Crippen LogP contribution in [0, 0.1) is 6.92 Å². The van der Waals surface area contributed by atoms with Gasteiger partial charge >= 0.3 is 0 Å². The smallest absolute Gasteiger partial charge is 0.153 e. The monoisotopic (exact) mass is 244 g/mol. The Morgan fingerprint density at radius 2 is 2.00 bits per heavy atom. The van der Waals surface area contributed by atoms with Crippen LogP contribution in [0.4, 0.5) is 0 Å². The van der Waals surface area contributed by atoms with Crippen LogP contribution in [0.25, 0.3) is 5.82 Å². The van der Waals surface area contributed by atoms with Gasteiger partial charge in [0.2, 0.25) is 0 Å². The molecule has 4 nitrogen and oxygen atoms in total. The van der Waals surface area contributed by atoms with Gasteiger partial charge in [-0.1, -0.05) is 20.8 Å². The lowest BCUT2D eigenvalue weighted by molar-refractivity contribution is 0.564. The highest BCUT2D eigenvalue weighted by Gasteiger charge is 2.17. The van der Waals surface area contributed by atoms with Crippen LogP contribution in [0.15, 0.2) is 24.4 Å². The maximum Gasteiger partial charge on any atom is 0.153 e. The van der Waals surface area contributed by atoms with Gasteiger partial charge in [0, 0.05) is 23.9 Å². The first-order valence-electron chi connectivity index (χ1n) is 6.14. The van der Waals surface area contributed by atoms with Gasteiger partial charge in [-0.3, -0.25) is 0 Å². The Bertz CT molecular complexity index is 549. The molecule has 0 radical (unpaired) electrons. The van der Waals surface area contributed by atoms with Crippen molar-refractivity contribution in [3.8, 4) is 5.82 Å². The standard InChI is InChI=1S/C14H20N4/c1-10-5-6-18(17-10)13-8-11(9-15)7-12(16-13)14(2,3)4/h5-8H,9,15H2,1-4H3. The normalized spacial score (nSPS) is 11.8. The largest absolute Gasteiger partial charge is 0.326 e. The topological polar surface area (TPSA) is 56.7 Å². The zero-order chi connectivity index (χ0) is 13.3. The fourth-order valence-corrected chi connectivity index (χ4v) is 1.73. The van der Waals surface area contributed by atoms with Crippen LogP contribution in [-0.2, 0) is 12.0 Å². The lowest BCUT2D eigenvalue weighted by atomic mass is 9.91. The van der Waals surface area contributed by atoms with Crippen LogP contribution in [0.5, 0.6) is 0 Å². The predicted octanol–water partition coefficient (Wildman–Crippen LogP) is 2.33. The molecule has 0 aliphatic carbocycles. The Balaban J connectivity index is 2.54. The van der Waals surface area contributed by atoms with Crippen molar-refractivity contribution in [3.63, 3.8) is 0 Å². The molecule has 0 saturated heterocycles. The van der Waals surface area contributed by atoms with Gasteiger partial charge in [0.25, 0.3) is 0 Å². The van der Waals surface area contributed by atoms with Gasteiger partial charge in [-0.15, -0.1) is 0 Å². The van der Waals surface area contributed by atoms with Crippen LogP contribution in [0.2, 0.25) is 0 Å². The van der Waals surface area contributed by atoms with Gasteiger partial charge < -0.3 is 5.73 Å². The van der Waals surface area contributed by atoms with E-state index in [4.69, 9.17) is 5.73 Å². The molecule has 18 heavy (non-hydrogen) atoms. The number of aryl methyl sites for hydroxylation is 1. The van der Waals surface area contributed by atoms with Crippen LogP contribution < -0.4 is 5.73 Å².